The number of aromatic amines is 1. The molecule has 1 fully saturated rings. The molecule has 168 valence electrons. The fourth-order valence-electron chi connectivity index (χ4n) is 4.67. The first-order chi connectivity index (χ1) is 15.1. The van der Waals surface area contributed by atoms with Crippen molar-refractivity contribution < 1.29 is 14.4 Å². The third-order valence-corrected chi connectivity index (χ3v) is 6.46. The number of benzene rings is 1. The minimum Gasteiger partial charge on any atom is -0.349 e. The van der Waals surface area contributed by atoms with Crippen LogP contribution in [0, 0.1) is 12.3 Å². The second-order valence-electron chi connectivity index (χ2n) is 9.70. The number of carbonyl (C=O) groups excluding carboxylic acids is 3. The summed E-state index contributed by atoms with van der Waals surface area (Å²) in [5.41, 5.74) is 2.00. The van der Waals surface area contributed by atoms with Crippen molar-refractivity contribution in [3.63, 3.8) is 0 Å². The van der Waals surface area contributed by atoms with E-state index in [1.165, 1.54) is 6.07 Å². The van der Waals surface area contributed by atoms with E-state index in [0.29, 0.717) is 55.6 Å². The molecular formula is C25H29N3O4. The van der Waals surface area contributed by atoms with Gasteiger partial charge in [0.05, 0.1) is 0 Å². The molecular weight excluding hydrogens is 406 g/mol. The molecule has 1 aromatic heterocycles. The number of pyridine rings is 1. The molecule has 0 bridgehead atoms. The van der Waals surface area contributed by atoms with Crippen LogP contribution < -0.4 is 10.9 Å². The summed E-state index contributed by atoms with van der Waals surface area (Å²) < 4.78 is 0. The second kappa shape index (κ2) is 8.37. The van der Waals surface area contributed by atoms with E-state index in [4.69, 9.17) is 0 Å². The average Bonchev–Trinajstić information content (AvgIpc) is 2.73. The quantitative estimate of drug-likeness (QED) is 0.774. The Labute approximate surface area is 187 Å². The number of H-pyrrole nitrogens is 1. The number of likely N-dealkylation sites (tertiary alicyclic amines) is 1. The molecule has 7 nitrogen and oxygen atoms in total. The maximum absolute atomic E-state index is 13.0. The minimum atomic E-state index is -0.450. The molecule has 1 saturated heterocycles. The lowest BCUT2D eigenvalue weighted by atomic mass is 9.75. The number of aryl methyl sites for hydroxylation is 1. The van der Waals surface area contributed by atoms with E-state index in [0.717, 1.165) is 5.56 Å². The SMILES string of the molecule is Cc1ccccc1C(=O)NC1CCN(C(=O)c2cc3c([nH]c2=O)CC(C)(C)CC3=O)CC1. The van der Waals surface area contributed by atoms with Gasteiger partial charge in [0.25, 0.3) is 17.4 Å². The van der Waals surface area contributed by atoms with Gasteiger partial charge in [-0.3, -0.25) is 19.2 Å². The molecule has 1 aliphatic heterocycles. The maximum atomic E-state index is 13.0. The lowest BCUT2D eigenvalue weighted by Gasteiger charge is -2.33. The number of nitrogens with zero attached hydrogens (tertiary/aromatic N) is 1. The van der Waals surface area contributed by atoms with E-state index >= 15 is 0 Å². The zero-order chi connectivity index (χ0) is 23.0. The highest BCUT2D eigenvalue weighted by atomic mass is 16.2. The predicted molar refractivity (Wildman–Crippen MR) is 121 cm³/mol. The van der Waals surface area contributed by atoms with Crippen LogP contribution in [-0.2, 0) is 6.42 Å². The first-order valence-corrected chi connectivity index (χ1v) is 11.1. The number of amides is 2. The molecule has 7 heteroatoms. The summed E-state index contributed by atoms with van der Waals surface area (Å²) in [5.74, 6) is -0.519. The molecule has 2 aliphatic rings. The lowest BCUT2D eigenvalue weighted by molar-refractivity contribution is 0.0696. The Bertz CT molecular complexity index is 1140. The van der Waals surface area contributed by atoms with Crippen LogP contribution >= 0.6 is 0 Å². The minimum absolute atomic E-state index is 0.0132. The predicted octanol–water partition coefficient (Wildman–Crippen LogP) is 2.87. The van der Waals surface area contributed by atoms with Gasteiger partial charge in [0, 0.05) is 42.4 Å². The van der Waals surface area contributed by atoms with Gasteiger partial charge < -0.3 is 15.2 Å². The number of hydrogen-bond donors (Lipinski definition) is 2. The van der Waals surface area contributed by atoms with Crippen molar-refractivity contribution in [3.05, 3.63) is 68.6 Å². The van der Waals surface area contributed by atoms with E-state index in [9.17, 15) is 19.2 Å². The highest BCUT2D eigenvalue weighted by Crippen LogP contribution is 2.33. The van der Waals surface area contributed by atoms with Crippen molar-refractivity contribution in [1.29, 1.82) is 0 Å². The largest absolute Gasteiger partial charge is 0.349 e. The summed E-state index contributed by atoms with van der Waals surface area (Å²) in [6, 6.07) is 8.88. The van der Waals surface area contributed by atoms with Crippen LogP contribution in [0.3, 0.4) is 0 Å². The van der Waals surface area contributed by atoms with Crippen LogP contribution in [0.15, 0.2) is 35.1 Å². The third-order valence-electron chi connectivity index (χ3n) is 6.46. The summed E-state index contributed by atoms with van der Waals surface area (Å²) >= 11 is 0. The number of ketones is 1. The number of Topliss-reactive ketones (excluding diaryl/α,β-unsaturated/α-hetero) is 1. The zero-order valence-corrected chi connectivity index (χ0v) is 18.8. The molecule has 0 spiro atoms. The number of hydrogen-bond acceptors (Lipinski definition) is 4. The van der Waals surface area contributed by atoms with Crippen molar-refractivity contribution >= 4 is 17.6 Å². The molecule has 0 atom stereocenters. The van der Waals surface area contributed by atoms with Crippen LogP contribution in [0.4, 0.5) is 0 Å². The van der Waals surface area contributed by atoms with Crippen molar-refractivity contribution in [2.75, 3.05) is 13.1 Å². The Morgan fingerprint density at radius 1 is 1.06 bits per heavy atom. The normalized spacial score (nSPS) is 18.2. The van der Waals surface area contributed by atoms with Gasteiger partial charge in [-0.25, -0.2) is 0 Å². The van der Waals surface area contributed by atoms with Crippen LogP contribution in [-0.4, -0.2) is 46.6 Å². The van der Waals surface area contributed by atoms with Crippen LogP contribution in [0.5, 0.6) is 0 Å². The molecule has 32 heavy (non-hydrogen) atoms. The van der Waals surface area contributed by atoms with Gasteiger partial charge in [0.2, 0.25) is 0 Å². The van der Waals surface area contributed by atoms with Gasteiger partial charge in [0.1, 0.15) is 5.56 Å². The Balaban J connectivity index is 1.42. The Hall–Kier alpha value is -3.22. The molecule has 2 N–H and O–H groups in total. The van der Waals surface area contributed by atoms with Crippen LogP contribution in [0.1, 0.15) is 75.4 Å². The van der Waals surface area contributed by atoms with Crippen molar-refractivity contribution in [3.8, 4) is 0 Å². The molecule has 2 heterocycles. The molecule has 4 rings (SSSR count). The number of nitrogens with one attached hydrogen (secondary N) is 2. The summed E-state index contributed by atoms with van der Waals surface area (Å²) in [5, 5.41) is 3.05. The summed E-state index contributed by atoms with van der Waals surface area (Å²) in [7, 11) is 0. The van der Waals surface area contributed by atoms with Crippen molar-refractivity contribution in [1.82, 2.24) is 15.2 Å². The molecule has 0 saturated carbocycles. The Kier molecular flexibility index (Phi) is 5.75. The second-order valence-corrected chi connectivity index (χ2v) is 9.70. The summed E-state index contributed by atoms with van der Waals surface area (Å²) in [6.45, 7) is 6.77. The number of carbonyl (C=O) groups is 3. The number of fused-ring (bicyclic) bond motifs is 1. The highest BCUT2D eigenvalue weighted by molar-refractivity contribution is 6.02. The third kappa shape index (κ3) is 4.38. The molecule has 0 radical (unpaired) electrons. The van der Waals surface area contributed by atoms with Gasteiger partial charge in [-0.1, -0.05) is 32.0 Å². The van der Waals surface area contributed by atoms with Gasteiger partial charge >= 0.3 is 0 Å². The van der Waals surface area contributed by atoms with E-state index in [1.54, 1.807) is 11.0 Å². The van der Waals surface area contributed by atoms with Gasteiger partial charge in [-0.05, 0) is 49.3 Å². The molecule has 1 aliphatic carbocycles. The monoisotopic (exact) mass is 435 g/mol. The first-order valence-electron chi connectivity index (χ1n) is 11.1. The highest BCUT2D eigenvalue weighted by Gasteiger charge is 2.34. The molecule has 2 aromatic rings. The lowest BCUT2D eigenvalue weighted by Crippen LogP contribution is -2.47. The van der Waals surface area contributed by atoms with E-state index in [2.05, 4.69) is 10.3 Å². The average molecular weight is 436 g/mol. The summed E-state index contributed by atoms with van der Waals surface area (Å²) in [4.78, 5) is 55.2. The zero-order valence-electron chi connectivity index (χ0n) is 18.8. The van der Waals surface area contributed by atoms with Crippen LogP contribution in [0.25, 0.3) is 0 Å². The molecule has 1 aromatic carbocycles. The molecule has 0 unspecified atom stereocenters. The van der Waals surface area contributed by atoms with Crippen molar-refractivity contribution in [2.45, 2.75) is 52.5 Å². The first kappa shape index (κ1) is 22.0. The van der Waals surface area contributed by atoms with Crippen molar-refractivity contribution in [2.24, 2.45) is 5.41 Å². The van der Waals surface area contributed by atoms with Gasteiger partial charge in [-0.15, -0.1) is 0 Å². The Morgan fingerprint density at radius 3 is 2.44 bits per heavy atom. The van der Waals surface area contributed by atoms with Crippen LogP contribution in [0.2, 0.25) is 0 Å². The topological polar surface area (TPSA) is 99.3 Å². The Morgan fingerprint density at radius 2 is 1.75 bits per heavy atom. The number of rotatable bonds is 3. The van der Waals surface area contributed by atoms with E-state index in [1.807, 2.05) is 39.0 Å². The van der Waals surface area contributed by atoms with Gasteiger partial charge in [-0.2, -0.15) is 0 Å². The maximum Gasteiger partial charge on any atom is 0.261 e. The van der Waals surface area contributed by atoms with Gasteiger partial charge in [0.15, 0.2) is 5.78 Å². The van der Waals surface area contributed by atoms with E-state index in [-0.39, 0.29) is 34.6 Å². The smallest absolute Gasteiger partial charge is 0.261 e. The van der Waals surface area contributed by atoms with E-state index < -0.39 is 5.56 Å². The fourth-order valence-corrected chi connectivity index (χ4v) is 4.67. The summed E-state index contributed by atoms with van der Waals surface area (Å²) in [6.07, 6.45) is 2.22. The fraction of sp³-hybridized carbons (Fsp3) is 0.440. The number of aromatic nitrogens is 1. The number of piperidine rings is 1. The molecule has 2 amide bonds. The standard InChI is InChI=1S/C25H29N3O4/c1-15-6-4-5-7-17(15)22(30)26-16-8-10-28(11-9-16)24(32)19-12-18-20(27-23(19)31)13-25(2,3)14-21(18)29/h4-7,12,16H,8-11,13-14H2,1-3H3,(H,26,30)(H,27,31).